The van der Waals surface area contributed by atoms with Crippen LogP contribution in [-0.2, 0) is 14.9 Å². The third kappa shape index (κ3) is 6.72. The van der Waals surface area contributed by atoms with E-state index in [1.807, 2.05) is 24.3 Å². The van der Waals surface area contributed by atoms with Crippen LogP contribution in [0.25, 0.3) is 0 Å². The van der Waals surface area contributed by atoms with E-state index >= 15 is 0 Å². The molecule has 8 nitrogen and oxygen atoms in total. The summed E-state index contributed by atoms with van der Waals surface area (Å²) in [7, 11) is 0. The molecule has 3 amide bonds. The summed E-state index contributed by atoms with van der Waals surface area (Å²) in [5.74, 6) is -0.725. The topological polar surface area (TPSA) is 101 Å². The van der Waals surface area contributed by atoms with Crippen molar-refractivity contribution in [2.75, 3.05) is 23.7 Å². The number of hydrogen-bond donors (Lipinski definition) is 2. The van der Waals surface area contributed by atoms with Crippen molar-refractivity contribution in [1.82, 2.24) is 9.88 Å². The van der Waals surface area contributed by atoms with Gasteiger partial charge in [-0.15, -0.1) is 0 Å². The van der Waals surface area contributed by atoms with Gasteiger partial charge in [0.1, 0.15) is 5.60 Å². The number of amides is 3. The maximum atomic E-state index is 13.9. The number of pyridine rings is 1. The molecular weight excluding hydrogens is 607 g/mol. The van der Waals surface area contributed by atoms with Gasteiger partial charge >= 0.3 is 6.09 Å². The number of carbonyl (C=O) groups excluding carboxylic acids is 3. The van der Waals surface area contributed by atoms with Crippen LogP contribution in [0.2, 0.25) is 10.0 Å². The second-order valence-corrected chi connectivity index (χ2v) is 11.9. The van der Waals surface area contributed by atoms with Crippen molar-refractivity contribution in [1.29, 1.82) is 0 Å². The molecule has 0 radical (unpaired) electrons. The van der Waals surface area contributed by atoms with E-state index in [1.165, 1.54) is 24.5 Å². The van der Waals surface area contributed by atoms with Gasteiger partial charge in [0.25, 0.3) is 5.91 Å². The number of aromatic nitrogens is 1. The summed E-state index contributed by atoms with van der Waals surface area (Å²) in [6.45, 7) is 5.88. The molecule has 0 spiro atoms. The number of nitrogens with one attached hydrogen (secondary N) is 2. The first kappa shape index (κ1) is 28.9. The fraction of sp³-hybridized carbons (Fsp3) is 0.286. The average Bonchev–Trinajstić information content (AvgIpc) is 3.33. The van der Waals surface area contributed by atoms with E-state index in [-0.39, 0.29) is 28.2 Å². The highest BCUT2D eigenvalue weighted by molar-refractivity contribution is 9.10. The summed E-state index contributed by atoms with van der Waals surface area (Å²) in [4.78, 5) is 44.7. The Labute approximate surface area is 245 Å². The highest BCUT2D eigenvalue weighted by Crippen LogP contribution is 2.39. The molecule has 0 bridgehead atoms. The molecule has 4 rings (SSSR count). The lowest BCUT2D eigenvalue weighted by molar-refractivity contribution is -0.121. The van der Waals surface area contributed by atoms with Crippen LogP contribution in [0.15, 0.2) is 65.4 Å². The Balaban J connectivity index is 1.59. The quantitative estimate of drug-likeness (QED) is 0.318. The van der Waals surface area contributed by atoms with Crippen molar-refractivity contribution >= 4 is 68.4 Å². The van der Waals surface area contributed by atoms with Crippen LogP contribution in [0.3, 0.4) is 0 Å². The zero-order chi connectivity index (χ0) is 28.4. The number of benzene rings is 2. The molecule has 0 aliphatic carbocycles. The van der Waals surface area contributed by atoms with E-state index in [0.717, 1.165) is 10.0 Å². The van der Waals surface area contributed by atoms with Gasteiger partial charge in [-0.1, -0.05) is 51.3 Å². The fourth-order valence-corrected chi connectivity index (χ4v) is 5.16. The molecule has 1 saturated heterocycles. The summed E-state index contributed by atoms with van der Waals surface area (Å²) in [5, 5.41) is 5.93. The predicted molar refractivity (Wildman–Crippen MR) is 156 cm³/mol. The van der Waals surface area contributed by atoms with Gasteiger partial charge in [-0.3, -0.25) is 14.6 Å². The van der Waals surface area contributed by atoms with Crippen LogP contribution in [0, 0.1) is 0 Å². The van der Waals surface area contributed by atoms with E-state index in [1.54, 1.807) is 37.8 Å². The summed E-state index contributed by atoms with van der Waals surface area (Å²) < 4.78 is 6.42. The minimum atomic E-state index is -1.04. The number of ether oxygens (including phenoxy) is 1. The van der Waals surface area contributed by atoms with Gasteiger partial charge in [0, 0.05) is 41.2 Å². The number of carbonyl (C=O) groups is 3. The molecule has 3 aromatic rings. The van der Waals surface area contributed by atoms with Crippen LogP contribution in [0.4, 0.5) is 16.2 Å². The molecule has 204 valence electrons. The molecule has 1 aliphatic heterocycles. The van der Waals surface area contributed by atoms with Gasteiger partial charge in [0.2, 0.25) is 5.91 Å². The largest absolute Gasteiger partial charge is 0.444 e. The average molecular weight is 634 g/mol. The molecule has 2 heterocycles. The first-order valence-electron chi connectivity index (χ1n) is 12.1. The number of nitrogens with zero attached hydrogens (tertiary/aromatic N) is 2. The highest BCUT2D eigenvalue weighted by atomic mass is 79.9. The molecule has 1 fully saturated rings. The number of halogens is 3. The van der Waals surface area contributed by atoms with Crippen LogP contribution in [0.5, 0.6) is 0 Å². The molecule has 1 atom stereocenters. The Bertz CT molecular complexity index is 1370. The second kappa shape index (κ2) is 11.5. The minimum Gasteiger partial charge on any atom is -0.444 e. The third-order valence-corrected chi connectivity index (χ3v) is 7.36. The number of likely N-dealkylation sites (tertiary alicyclic amines) is 1. The summed E-state index contributed by atoms with van der Waals surface area (Å²) >= 11 is 16.4. The van der Waals surface area contributed by atoms with Gasteiger partial charge in [0.15, 0.2) is 0 Å². The normalized spacial score (nSPS) is 17.0. The molecular formula is C28H27BrCl2N4O4. The van der Waals surface area contributed by atoms with E-state index in [9.17, 15) is 14.4 Å². The van der Waals surface area contributed by atoms with Gasteiger partial charge in [-0.2, -0.15) is 0 Å². The number of rotatable bonds is 5. The van der Waals surface area contributed by atoms with Gasteiger partial charge < -0.3 is 20.3 Å². The van der Waals surface area contributed by atoms with E-state index in [0.29, 0.717) is 24.2 Å². The van der Waals surface area contributed by atoms with Crippen molar-refractivity contribution in [2.24, 2.45) is 0 Å². The maximum absolute atomic E-state index is 13.9. The van der Waals surface area contributed by atoms with Crippen LogP contribution < -0.4 is 10.6 Å². The standard InChI is InChI=1S/C28H27BrCl2N4O4/c1-27(2,3)39-26(38)35-13-10-28(16-35,18-4-6-19(29)7-5-18)25(37)33-20-14-21(30)23(22(31)15-20)34-24(36)17-8-11-32-12-9-17/h4-9,11-12,14-15H,10,13,16H2,1-3H3,(H,33,37)(H,34,36). The Morgan fingerprint density at radius 3 is 2.21 bits per heavy atom. The number of hydrogen-bond acceptors (Lipinski definition) is 5. The van der Waals surface area contributed by atoms with Crippen LogP contribution in [0.1, 0.15) is 43.1 Å². The van der Waals surface area contributed by atoms with Crippen molar-refractivity contribution in [3.05, 3.63) is 86.6 Å². The lowest BCUT2D eigenvalue weighted by Gasteiger charge is -2.30. The molecule has 39 heavy (non-hydrogen) atoms. The Morgan fingerprint density at radius 2 is 1.62 bits per heavy atom. The minimum absolute atomic E-state index is 0.136. The number of anilines is 2. The van der Waals surface area contributed by atoms with Crippen molar-refractivity contribution in [2.45, 2.75) is 38.2 Å². The molecule has 2 N–H and O–H groups in total. The summed E-state index contributed by atoms with van der Waals surface area (Å²) in [6.07, 6.45) is 2.92. The van der Waals surface area contributed by atoms with Gasteiger partial charge in [0.05, 0.1) is 21.1 Å². The van der Waals surface area contributed by atoms with Crippen LogP contribution >= 0.6 is 39.1 Å². The zero-order valence-electron chi connectivity index (χ0n) is 21.6. The van der Waals surface area contributed by atoms with E-state index in [4.69, 9.17) is 27.9 Å². The Hall–Kier alpha value is -3.14. The molecule has 11 heteroatoms. The summed E-state index contributed by atoms with van der Waals surface area (Å²) in [6, 6.07) is 13.6. The summed E-state index contributed by atoms with van der Waals surface area (Å²) in [5.41, 5.74) is 0.0194. The van der Waals surface area contributed by atoms with Gasteiger partial charge in [-0.05, 0) is 69.2 Å². The highest BCUT2D eigenvalue weighted by Gasteiger charge is 2.48. The van der Waals surface area contributed by atoms with Crippen molar-refractivity contribution < 1.29 is 19.1 Å². The third-order valence-electron chi connectivity index (χ3n) is 6.23. The van der Waals surface area contributed by atoms with E-state index < -0.39 is 23.0 Å². The molecule has 2 aromatic carbocycles. The van der Waals surface area contributed by atoms with Crippen molar-refractivity contribution in [3.63, 3.8) is 0 Å². The van der Waals surface area contributed by atoms with E-state index in [2.05, 4.69) is 31.5 Å². The van der Waals surface area contributed by atoms with Crippen LogP contribution in [-0.4, -0.2) is 46.5 Å². The fourth-order valence-electron chi connectivity index (χ4n) is 4.32. The monoisotopic (exact) mass is 632 g/mol. The first-order valence-corrected chi connectivity index (χ1v) is 13.7. The molecule has 1 aromatic heterocycles. The predicted octanol–water partition coefficient (Wildman–Crippen LogP) is 6.92. The zero-order valence-corrected chi connectivity index (χ0v) is 24.7. The van der Waals surface area contributed by atoms with Gasteiger partial charge in [-0.25, -0.2) is 4.79 Å². The second-order valence-electron chi connectivity index (χ2n) is 10.2. The molecule has 1 unspecified atom stereocenters. The lowest BCUT2D eigenvalue weighted by atomic mass is 9.78. The Kier molecular flexibility index (Phi) is 8.54. The molecule has 0 saturated carbocycles. The Morgan fingerprint density at radius 1 is 1.00 bits per heavy atom. The SMILES string of the molecule is CC(C)(C)OC(=O)N1CCC(C(=O)Nc2cc(Cl)c(NC(=O)c3ccncc3)c(Cl)c2)(c2ccc(Br)cc2)C1. The smallest absolute Gasteiger partial charge is 0.410 e. The maximum Gasteiger partial charge on any atom is 0.410 e. The first-order chi connectivity index (χ1) is 18.4. The van der Waals surface area contributed by atoms with Crippen molar-refractivity contribution in [3.8, 4) is 0 Å². The lowest BCUT2D eigenvalue weighted by Crippen LogP contribution is -2.44. The molecule has 1 aliphatic rings.